The number of rotatable bonds is 9. The first kappa shape index (κ1) is 116. The van der Waals surface area contributed by atoms with Gasteiger partial charge in [-0.15, -0.1) is 0 Å². The molecule has 0 unspecified atom stereocenters. The molecule has 0 bridgehead atoms. The molecule has 6 amide bonds. The van der Waals surface area contributed by atoms with Gasteiger partial charge in [0.2, 0.25) is 0 Å². The minimum atomic E-state index is -1.07. The molecule has 6 aliphatic heterocycles. The van der Waals surface area contributed by atoms with Crippen LogP contribution in [0.25, 0.3) is 0 Å². The van der Waals surface area contributed by atoms with Crippen molar-refractivity contribution in [2.45, 2.75) is 262 Å². The number of carbonyl (C=O) groups excluding carboxylic acids is 7. The smallest absolute Gasteiger partial charge is 0.410 e. The molecule has 0 radical (unpaired) electrons. The van der Waals surface area contributed by atoms with Gasteiger partial charge < -0.3 is 77.9 Å². The van der Waals surface area contributed by atoms with E-state index in [2.05, 4.69) is 154 Å². The number of amides is 6. The first-order valence-corrected chi connectivity index (χ1v) is 50.5. The molecule has 0 aliphatic carbocycles. The molecule has 6 fully saturated rings. The quantitative estimate of drug-likeness (QED) is 0.0687. The van der Waals surface area contributed by atoms with Crippen molar-refractivity contribution in [2.75, 3.05) is 98.9 Å². The summed E-state index contributed by atoms with van der Waals surface area (Å²) in [5.41, 5.74) is -2.68. The van der Waals surface area contributed by atoms with E-state index in [9.17, 15) is 58.9 Å². The van der Waals surface area contributed by atoms with Crippen LogP contribution in [-0.4, -0.2) is 256 Å². The van der Waals surface area contributed by atoms with Crippen molar-refractivity contribution < 1.29 is 86.8 Å². The second-order valence-corrected chi connectivity index (χ2v) is 45.4. The van der Waals surface area contributed by atoms with Gasteiger partial charge in [-0.2, -0.15) is 10.5 Å². The number of aliphatic hydroxyl groups excluding tert-OH is 2. The third-order valence-corrected chi connectivity index (χ3v) is 25.6. The summed E-state index contributed by atoms with van der Waals surface area (Å²) in [6, 6.07) is 38.1. The minimum absolute atomic E-state index is 0.0264. The van der Waals surface area contributed by atoms with Crippen LogP contribution in [0.2, 0.25) is 0 Å². The van der Waals surface area contributed by atoms with Crippen LogP contribution in [0.3, 0.4) is 0 Å². The molecule has 6 saturated heterocycles. The number of hydrogen-bond acceptors (Lipinski definition) is 25. The first-order valence-electron chi connectivity index (χ1n) is 45.0. The van der Waals surface area contributed by atoms with Crippen molar-refractivity contribution in [2.24, 2.45) is 5.92 Å². The lowest BCUT2D eigenvalue weighted by Crippen LogP contribution is -2.50. The zero-order chi connectivity index (χ0) is 102. The van der Waals surface area contributed by atoms with Crippen LogP contribution in [0.5, 0.6) is 0 Å². The van der Waals surface area contributed by atoms with Gasteiger partial charge in [-0.1, -0.05) is 36.4 Å². The van der Waals surface area contributed by atoms with E-state index >= 15 is 0 Å². The lowest BCUT2D eigenvalue weighted by Gasteiger charge is -2.40. The predicted octanol–water partition coefficient (Wildman–Crippen LogP) is 21.1. The number of halogens is 7. The van der Waals surface area contributed by atoms with Crippen molar-refractivity contribution in [1.82, 2.24) is 59.3 Å². The standard InChI is InChI=1S/C17H23BrN2O4.C16H20BrN3O2.C16H21BrN2O4.2C16H23BrN2O3.C11H18N2O2.C5H3Br2N/c1-16(2,3)24-15(22)20-10-8-17(9-11-20,14(21)23-4)12-6-5-7-13(18)19-12;1-15(2,3)22-14(21)20-9-7-16(11-18,8-10-20)12-5-4-6-13(17)19-12;1-15(2,3)23-14(22)19-9-7-16(8-10-19,13(20)21)11-5-4-6-12(17)18-11;2*1-15(2,3)22-14(21)19-9-7-16(11-20,8-10-19)12-5-4-6-13(17)18-12;1-11(2,3)15-10(14)13-6-4-9(8-12)5-7-13;6-4-2-1-3-5(7)8-4/h5-7H,8-11H2,1-4H3;4-6H,7-10H2,1-3H3;4-6H,7-10H2,1-3H3,(H,20,21);2*4-6,20H,7-11H2,1-3H3;9H,4-7H2,1-3H3;1-3H. The van der Waals surface area contributed by atoms with Crippen molar-refractivity contribution in [3.05, 3.63) is 170 Å². The summed E-state index contributed by atoms with van der Waals surface area (Å²) in [7, 11) is 1.38. The molecular weight excluding hydrogens is 2210 g/mol. The van der Waals surface area contributed by atoms with Crippen molar-refractivity contribution in [1.29, 1.82) is 10.5 Å². The SMILES string of the molecule is Brc1cccc(Br)n1.CC(C)(C)OC(=O)N1CCC(C#N)(c2cccc(Br)n2)CC1.CC(C)(C)OC(=O)N1CCC(C#N)CC1.CC(C)(C)OC(=O)N1CCC(C(=O)O)(c2cccc(Br)n2)CC1.CC(C)(C)OC(=O)N1CCC(CO)(c2cccc(Br)n2)CC1.CC(C)(C)OC(=O)N1CCC(CO)(c2cccc(Br)n2)CC1.COC(=O)C1(c2cccc(Br)n2)CCN(C(=O)OC(C)(C)C)CC1. The number of aliphatic carboxylic acids is 1. The maximum Gasteiger partial charge on any atom is 0.410 e. The number of aliphatic hydroxyl groups is 2. The van der Waals surface area contributed by atoms with Crippen LogP contribution in [0.1, 0.15) is 230 Å². The number of ether oxygens (including phenoxy) is 7. The third-order valence-electron chi connectivity index (χ3n) is 22.5. The number of nitrogens with zero attached hydrogens (tertiary/aromatic N) is 14. The molecule has 12 rings (SSSR count). The molecule has 39 heteroatoms. The summed E-state index contributed by atoms with van der Waals surface area (Å²) in [4.78, 5) is 133. The number of likely N-dealkylation sites (tertiary alicyclic amines) is 6. The number of methoxy groups -OCH3 is 1. The Morgan fingerprint density at radius 2 is 0.559 bits per heavy atom. The Kier molecular flexibility index (Phi) is 43.9. The summed E-state index contributed by atoms with van der Waals surface area (Å²) in [5.74, 6) is -1.13. The third kappa shape index (κ3) is 36.7. The molecule has 6 aromatic heterocycles. The lowest BCUT2D eigenvalue weighted by atomic mass is 9.75. The molecule has 0 spiro atoms. The van der Waals surface area contributed by atoms with Crippen LogP contribution in [0.15, 0.2) is 141 Å². The van der Waals surface area contributed by atoms with E-state index in [1.807, 2.05) is 216 Å². The average molecular weight is 2340 g/mol. The van der Waals surface area contributed by atoms with Gasteiger partial charge in [0.05, 0.1) is 60.9 Å². The number of aromatic nitrogens is 6. The molecule has 32 nitrogen and oxygen atoms in total. The zero-order valence-corrected chi connectivity index (χ0v) is 92.3. The maximum atomic E-state index is 12.5. The highest BCUT2D eigenvalue weighted by Crippen LogP contribution is 2.42. The Bertz CT molecular complexity index is 4940. The molecule has 6 aromatic rings. The van der Waals surface area contributed by atoms with E-state index in [1.165, 1.54) is 7.11 Å². The Hall–Kier alpha value is -8.28. The second kappa shape index (κ2) is 51.2. The number of piperidine rings is 6. The van der Waals surface area contributed by atoms with Gasteiger partial charge in [0, 0.05) is 95.3 Å². The Balaban J connectivity index is 0.000000247. The minimum Gasteiger partial charge on any atom is -0.481 e. The second-order valence-electron chi connectivity index (χ2n) is 39.8. The number of carboxylic acids is 1. The lowest BCUT2D eigenvalue weighted by molar-refractivity contribution is -0.150. The van der Waals surface area contributed by atoms with E-state index in [1.54, 1.807) is 47.6 Å². The van der Waals surface area contributed by atoms with Gasteiger partial charge in [-0.05, 0) is 386 Å². The molecule has 3 N–H and O–H groups in total. The zero-order valence-electron chi connectivity index (χ0n) is 81.2. The van der Waals surface area contributed by atoms with E-state index in [0.717, 1.165) is 48.3 Å². The number of carbonyl (C=O) groups is 8. The molecule has 746 valence electrons. The summed E-state index contributed by atoms with van der Waals surface area (Å²) in [5, 5.41) is 47.9. The van der Waals surface area contributed by atoms with Gasteiger partial charge in [0.15, 0.2) is 0 Å². The van der Waals surface area contributed by atoms with Crippen molar-refractivity contribution in [3.8, 4) is 12.1 Å². The summed E-state index contributed by atoms with van der Waals surface area (Å²) >= 11 is 23.2. The van der Waals surface area contributed by atoms with Crippen LogP contribution in [0.4, 0.5) is 28.8 Å². The molecule has 0 atom stereocenters. The maximum absolute atomic E-state index is 12.5. The first-order chi connectivity index (χ1) is 63.3. The number of nitriles is 2. The highest BCUT2D eigenvalue weighted by Gasteiger charge is 2.50. The van der Waals surface area contributed by atoms with Crippen LogP contribution >= 0.6 is 112 Å². The Morgan fingerprint density at radius 3 is 0.794 bits per heavy atom. The molecule has 0 saturated carbocycles. The number of hydrogen-bond donors (Lipinski definition) is 3. The fourth-order valence-electron chi connectivity index (χ4n) is 15.2. The number of pyridine rings is 6. The summed E-state index contributed by atoms with van der Waals surface area (Å²) < 4.78 is 42.4. The Labute approximate surface area is 858 Å². The van der Waals surface area contributed by atoms with E-state index < -0.39 is 61.9 Å². The number of esters is 1. The van der Waals surface area contributed by atoms with Crippen molar-refractivity contribution >= 4 is 160 Å². The monoisotopic (exact) mass is 2330 g/mol. The summed E-state index contributed by atoms with van der Waals surface area (Å²) in [6.45, 7) is 39.2. The highest BCUT2D eigenvalue weighted by atomic mass is 79.9. The number of carboxylic acid groups (broad SMARTS) is 1. The highest BCUT2D eigenvalue weighted by molar-refractivity contribution is 9.11. The van der Waals surface area contributed by atoms with E-state index in [-0.39, 0.29) is 66.4 Å². The fraction of sp³-hybridized carbons (Fsp3) is 0.588. The van der Waals surface area contributed by atoms with Crippen molar-refractivity contribution in [3.63, 3.8) is 0 Å². The normalized spacial score (nSPS) is 17.3. The molecule has 12 heterocycles. The largest absolute Gasteiger partial charge is 0.481 e. The van der Waals surface area contributed by atoms with Gasteiger partial charge in [-0.3, -0.25) is 9.59 Å². The topological polar surface area (TPSA) is 406 Å². The average Bonchev–Trinajstić information content (AvgIpc) is 0.780. The van der Waals surface area contributed by atoms with Gasteiger partial charge in [0.25, 0.3) is 0 Å². The molecule has 136 heavy (non-hydrogen) atoms. The van der Waals surface area contributed by atoms with Gasteiger partial charge >= 0.3 is 48.5 Å². The molecule has 6 aliphatic rings. The fourth-order valence-corrected chi connectivity index (χ4v) is 17.8. The van der Waals surface area contributed by atoms with Crippen LogP contribution < -0.4 is 0 Å². The molecular formula is C97H131Br7N14O18. The Morgan fingerprint density at radius 1 is 0.338 bits per heavy atom. The van der Waals surface area contributed by atoms with E-state index in [0.29, 0.717) is 168 Å². The van der Waals surface area contributed by atoms with E-state index in [4.69, 9.17) is 38.4 Å². The summed E-state index contributed by atoms with van der Waals surface area (Å²) in [6.07, 6.45) is 4.92. The van der Waals surface area contributed by atoms with Gasteiger partial charge in [-0.25, -0.2) is 58.7 Å². The molecule has 0 aromatic carbocycles. The van der Waals surface area contributed by atoms with Gasteiger partial charge in [0.1, 0.15) is 82.1 Å². The van der Waals surface area contributed by atoms with Crippen LogP contribution in [0, 0.1) is 28.6 Å². The predicted molar refractivity (Wildman–Crippen MR) is 538 cm³/mol. The van der Waals surface area contributed by atoms with Crippen LogP contribution in [-0.2, 0) is 69.8 Å².